The lowest BCUT2D eigenvalue weighted by molar-refractivity contribution is -0.0794. The van der Waals surface area contributed by atoms with E-state index in [0.717, 1.165) is 6.07 Å². The Bertz CT molecular complexity index is 520. The Labute approximate surface area is 101 Å². The van der Waals surface area contributed by atoms with Gasteiger partial charge in [0, 0.05) is 6.07 Å². The van der Waals surface area contributed by atoms with Gasteiger partial charge in [-0.15, -0.1) is 0 Å². The SMILES string of the molecule is CC1(O)[C@H](O)[C@H](c2cc(=O)[nH]c(=O)[nH]2)O[C@@H]1CO. The van der Waals surface area contributed by atoms with Crippen molar-refractivity contribution in [3.05, 3.63) is 32.6 Å². The molecule has 5 N–H and O–H groups in total. The van der Waals surface area contributed by atoms with Gasteiger partial charge < -0.3 is 25.0 Å². The van der Waals surface area contributed by atoms with Crippen LogP contribution >= 0.6 is 0 Å². The van der Waals surface area contributed by atoms with Gasteiger partial charge in [0.2, 0.25) is 0 Å². The number of H-pyrrole nitrogens is 2. The molecule has 0 aromatic carbocycles. The first-order valence-electron chi connectivity index (χ1n) is 5.36. The Morgan fingerprint density at radius 2 is 2.11 bits per heavy atom. The van der Waals surface area contributed by atoms with Crippen molar-refractivity contribution in [3.8, 4) is 0 Å². The number of ether oxygens (including phenoxy) is 1. The number of aliphatic hydroxyl groups excluding tert-OH is 2. The van der Waals surface area contributed by atoms with E-state index in [2.05, 4.69) is 4.98 Å². The number of hydrogen-bond donors (Lipinski definition) is 5. The lowest BCUT2D eigenvalue weighted by atomic mass is 9.92. The van der Waals surface area contributed by atoms with E-state index in [-0.39, 0.29) is 5.69 Å². The van der Waals surface area contributed by atoms with Gasteiger partial charge in [-0.05, 0) is 6.92 Å². The highest BCUT2D eigenvalue weighted by atomic mass is 16.6. The van der Waals surface area contributed by atoms with Gasteiger partial charge >= 0.3 is 5.69 Å². The van der Waals surface area contributed by atoms with Crippen LogP contribution in [0.3, 0.4) is 0 Å². The summed E-state index contributed by atoms with van der Waals surface area (Å²) in [6.45, 7) is 0.817. The van der Waals surface area contributed by atoms with E-state index >= 15 is 0 Å². The molecule has 0 spiro atoms. The minimum absolute atomic E-state index is 0.0486. The van der Waals surface area contributed by atoms with Crippen LogP contribution in [0.5, 0.6) is 0 Å². The van der Waals surface area contributed by atoms with E-state index in [1.165, 1.54) is 6.92 Å². The summed E-state index contributed by atoms with van der Waals surface area (Å²) in [5.41, 5.74) is -3.00. The van der Waals surface area contributed by atoms with E-state index in [1.807, 2.05) is 4.98 Å². The van der Waals surface area contributed by atoms with Crippen molar-refractivity contribution < 1.29 is 20.1 Å². The summed E-state index contributed by atoms with van der Waals surface area (Å²) in [6, 6.07) is 1.06. The average molecular weight is 258 g/mol. The number of hydrogen-bond acceptors (Lipinski definition) is 6. The minimum Gasteiger partial charge on any atom is -0.394 e. The molecule has 0 radical (unpaired) electrons. The highest BCUT2D eigenvalue weighted by Gasteiger charge is 2.52. The Kier molecular flexibility index (Phi) is 3.11. The van der Waals surface area contributed by atoms with Crippen LogP contribution in [0.1, 0.15) is 18.7 Å². The molecule has 1 aromatic rings. The Balaban J connectivity index is 2.41. The van der Waals surface area contributed by atoms with Crippen LogP contribution in [0.4, 0.5) is 0 Å². The van der Waals surface area contributed by atoms with E-state index in [0.29, 0.717) is 0 Å². The lowest BCUT2D eigenvalue weighted by Crippen LogP contribution is -2.45. The molecular formula is C10H14N2O6. The maximum atomic E-state index is 11.2. The Morgan fingerprint density at radius 3 is 2.61 bits per heavy atom. The molecule has 1 saturated heterocycles. The monoisotopic (exact) mass is 258 g/mol. The molecule has 0 saturated carbocycles. The van der Waals surface area contributed by atoms with Gasteiger partial charge in [0.05, 0.1) is 12.3 Å². The molecule has 2 heterocycles. The summed E-state index contributed by atoms with van der Waals surface area (Å²) in [5, 5.41) is 29.0. The number of aromatic nitrogens is 2. The normalized spacial score (nSPS) is 35.9. The first-order valence-corrected chi connectivity index (χ1v) is 5.36. The fourth-order valence-electron chi connectivity index (χ4n) is 2.00. The Hall–Kier alpha value is -1.48. The number of rotatable bonds is 2. The molecule has 1 aliphatic rings. The Morgan fingerprint density at radius 1 is 1.44 bits per heavy atom. The van der Waals surface area contributed by atoms with E-state index in [1.54, 1.807) is 0 Å². The third kappa shape index (κ3) is 1.99. The summed E-state index contributed by atoms with van der Waals surface area (Å²) in [7, 11) is 0. The zero-order valence-corrected chi connectivity index (χ0v) is 9.58. The van der Waals surface area contributed by atoms with Gasteiger partial charge in [-0.25, -0.2) is 4.79 Å². The number of aliphatic hydroxyl groups is 3. The maximum absolute atomic E-state index is 11.2. The topological polar surface area (TPSA) is 136 Å². The molecule has 2 rings (SSSR count). The standard InChI is InChI=1S/C10H14N2O6/c1-10(17)5(3-13)18-7(8(10)15)4-2-6(14)12-9(16)11-4/h2,5,7-8,13,15,17H,3H2,1H3,(H2,11,12,14,16)/t5-,7+,8-,10?/m1/s1. The van der Waals surface area contributed by atoms with E-state index < -0.39 is 41.8 Å². The quantitative estimate of drug-likeness (QED) is 0.401. The summed E-state index contributed by atoms with van der Waals surface area (Å²) in [6.07, 6.45) is -3.44. The van der Waals surface area contributed by atoms with Crippen LogP contribution in [-0.4, -0.2) is 49.7 Å². The molecule has 1 unspecified atom stereocenters. The highest BCUT2D eigenvalue weighted by molar-refractivity contribution is 5.13. The summed E-state index contributed by atoms with van der Waals surface area (Å²) < 4.78 is 5.26. The fourth-order valence-corrected chi connectivity index (χ4v) is 2.00. The average Bonchev–Trinajstić information content (AvgIpc) is 2.49. The maximum Gasteiger partial charge on any atom is 0.325 e. The zero-order valence-electron chi connectivity index (χ0n) is 9.58. The second kappa shape index (κ2) is 4.32. The zero-order chi connectivity index (χ0) is 13.5. The molecule has 18 heavy (non-hydrogen) atoms. The molecule has 100 valence electrons. The fraction of sp³-hybridized carbons (Fsp3) is 0.600. The van der Waals surface area contributed by atoms with Crippen molar-refractivity contribution in [2.45, 2.75) is 30.8 Å². The summed E-state index contributed by atoms with van der Waals surface area (Å²) >= 11 is 0. The van der Waals surface area contributed by atoms with Crippen molar-refractivity contribution in [1.29, 1.82) is 0 Å². The van der Waals surface area contributed by atoms with Crippen LogP contribution in [0.15, 0.2) is 15.7 Å². The van der Waals surface area contributed by atoms with E-state index in [4.69, 9.17) is 9.84 Å². The van der Waals surface area contributed by atoms with Crippen molar-refractivity contribution in [2.24, 2.45) is 0 Å². The van der Waals surface area contributed by atoms with Crippen molar-refractivity contribution in [2.75, 3.05) is 6.61 Å². The van der Waals surface area contributed by atoms with Crippen LogP contribution < -0.4 is 11.2 Å². The first kappa shape index (κ1) is 13.0. The van der Waals surface area contributed by atoms with Gasteiger partial charge in [-0.1, -0.05) is 0 Å². The molecule has 0 aliphatic carbocycles. The second-order valence-electron chi connectivity index (χ2n) is 4.44. The van der Waals surface area contributed by atoms with Crippen LogP contribution in [0, 0.1) is 0 Å². The van der Waals surface area contributed by atoms with Gasteiger partial charge in [-0.2, -0.15) is 0 Å². The highest BCUT2D eigenvalue weighted by Crippen LogP contribution is 2.38. The lowest BCUT2D eigenvalue weighted by Gasteiger charge is -2.25. The first-order chi connectivity index (χ1) is 8.36. The predicted octanol–water partition coefficient (Wildman–Crippen LogP) is -2.39. The predicted molar refractivity (Wildman–Crippen MR) is 59.0 cm³/mol. The molecule has 0 amide bonds. The molecule has 4 atom stereocenters. The molecule has 1 aliphatic heterocycles. The number of aromatic amines is 2. The van der Waals surface area contributed by atoms with Gasteiger partial charge in [-0.3, -0.25) is 9.78 Å². The molecule has 8 nitrogen and oxygen atoms in total. The number of nitrogens with one attached hydrogen (secondary N) is 2. The molecule has 8 heteroatoms. The van der Waals surface area contributed by atoms with Gasteiger partial charge in [0.15, 0.2) is 0 Å². The van der Waals surface area contributed by atoms with Crippen LogP contribution in [-0.2, 0) is 4.74 Å². The smallest absolute Gasteiger partial charge is 0.325 e. The summed E-state index contributed by atoms with van der Waals surface area (Å²) in [4.78, 5) is 26.6. The summed E-state index contributed by atoms with van der Waals surface area (Å²) in [5.74, 6) is 0. The largest absolute Gasteiger partial charge is 0.394 e. The van der Waals surface area contributed by atoms with E-state index in [9.17, 15) is 19.8 Å². The van der Waals surface area contributed by atoms with Gasteiger partial charge in [0.1, 0.15) is 23.9 Å². The molecular weight excluding hydrogens is 244 g/mol. The molecule has 1 fully saturated rings. The van der Waals surface area contributed by atoms with Crippen LogP contribution in [0.25, 0.3) is 0 Å². The van der Waals surface area contributed by atoms with Crippen LogP contribution in [0.2, 0.25) is 0 Å². The van der Waals surface area contributed by atoms with Gasteiger partial charge in [0.25, 0.3) is 5.56 Å². The van der Waals surface area contributed by atoms with Crippen molar-refractivity contribution >= 4 is 0 Å². The third-order valence-corrected chi connectivity index (χ3v) is 3.10. The van der Waals surface area contributed by atoms with Crippen molar-refractivity contribution in [3.63, 3.8) is 0 Å². The molecule has 0 bridgehead atoms. The van der Waals surface area contributed by atoms with Crippen molar-refractivity contribution in [1.82, 2.24) is 9.97 Å². The second-order valence-corrected chi connectivity index (χ2v) is 4.44. The molecule has 1 aromatic heterocycles. The third-order valence-electron chi connectivity index (χ3n) is 3.10. The minimum atomic E-state index is -1.67.